The third-order valence-electron chi connectivity index (χ3n) is 3.59. The first-order valence-electron chi connectivity index (χ1n) is 6.34. The van der Waals surface area contributed by atoms with Crippen LogP contribution >= 0.6 is 11.8 Å². The van der Waals surface area contributed by atoms with Crippen LogP contribution in [0, 0.1) is 23.5 Å². The van der Waals surface area contributed by atoms with Gasteiger partial charge in [0, 0.05) is 16.2 Å². The molecule has 1 aromatic rings. The van der Waals surface area contributed by atoms with Gasteiger partial charge in [0.25, 0.3) is 0 Å². The summed E-state index contributed by atoms with van der Waals surface area (Å²) in [6.07, 6.45) is 2.06. The zero-order valence-corrected chi connectivity index (χ0v) is 11.5. The fraction of sp³-hybridized carbons (Fsp3) is 0.571. The number of hydrogen-bond acceptors (Lipinski definition) is 2. The van der Waals surface area contributed by atoms with E-state index in [0.717, 1.165) is 18.9 Å². The molecular weight excluding hydrogens is 252 g/mol. The zero-order valence-electron chi connectivity index (χ0n) is 10.7. The molecule has 1 saturated carbocycles. The summed E-state index contributed by atoms with van der Waals surface area (Å²) in [5, 5.41) is 0.164. The van der Waals surface area contributed by atoms with Crippen LogP contribution < -0.4 is 5.73 Å². The van der Waals surface area contributed by atoms with Gasteiger partial charge in [0.05, 0.1) is 0 Å². The Labute approximate surface area is 111 Å². The van der Waals surface area contributed by atoms with E-state index in [1.807, 2.05) is 0 Å². The van der Waals surface area contributed by atoms with E-state index in [0.29, 0.717) is 16.7 Å². The first-order valence-corrected chi connectivity index (χ1v) is 7.22. The van der Waals surface area contributed by atoms with E-state index in [1.54, 1.807) is 0 Å². The first-order chi connectivity index (χ1) is 8.47. The molecular formula is C14H19F2NS. The Morgan fingerprint density at radius 3 is 2.61 bits per heavy atom. The minimum atomic E-state index is -0.399. The van der Waals surface area contributed by atoms with Gasteiger partial charge in [-0.05, 0) is 42.9 Å². The Bertz CT molecular complexity index is 412. The highest BCUT2D eigenvalue weighted by Crippen LogP contribution is 2.39. The summed E-state index contributed by atoms with van der Waals surface area (Å²) >= 11 is 1.38. The molecule has 18 heavy (non-hydrogen) atoms. The molecule has 0 aliphatic heterocycles. The van der Waals surface area contributed by atoms with Crippen molar-refractivity contribution in [1.29, 1.82) is 0 Å². The van der Waals surface area contributed by atoms with Crippen molar-refractivity contribution >= 4 is 11.8 Å². The molecule has 0 amide bonds. The van der Waals surface area contributed by atoms with Crippen LogP contribution in [0.2, 0.25) is 0 Å². The lowest BCUT2D eigenvalue weighted by molar-refractivity contribution is 0.279. The van der Waals surface area contributed by atoms with Crippen molar-refractivity contribution in [2.45, 2.75) is 42.9 Å². The van der Waals surface area contributed by atoms with E-state index in [1.165, 1.54) is 23.9 Å². The molecule has 0 spiro atoms. The lowest BCUT2D eigenvalue weighted by Gasteiger charge is -2.37. The molecule has 0 aromatic heterocycles. The summed E-state index contributed by atoms with van der Waals surface area (Å²) in [5.74, 6) is 0.282. The molecule has 1 fully saturated rings. The molecule has 0 radical (unpaired) electrons. The molecule has 1 aliphatic rings. The summed E-state index contributed by atoms with van der Waals surface area (Å²) in [6.45, 7) is 4.34. The number of halogens is 2. The first kappa shape index (κ1) is 13.8. The molecule has 4 heteroatoms. The Morgan fingerprint density at radius 2 is 1.94 bits per heavy atom. The van der Waals surface area contributed by atoms with Crippen LogP contribution in [0.4, 0.5) is 8.78 Å². The van der Waals surface area contributed by atoms with Crippen LogP contribution in [0.25, 0.3) is 0 Å². The molecule has 2 rings (SSSR count). The van der Waals surface area contributed by atoms with Crippen molar-refractivity contribution in [1.82, 2.24) is 0 Å². The van der Waals surface area contributed by atoms with Crippen molar-refractivity contribution in [2.75, 3.05) is 0 Å². The van der Waals surface area contributed by atoms with Crippen LogP contribution in [0.15, 0.2) is 23.1 Å². The molecule has 0 bridgehead atoms. The molecule has 4 atom stereocenters. The smallest absolute Gasteiger partial charge is 0.136 e. The molecule has 0 heterocycles. The Hall–Kier alpha value is -0.610. The summed E-state index contributed by atoms with van der Waals surface area (Å²) in [4.78, 5) is 0.372. The maximum absolute atomic E-state index is 13.6. The number of hydrogen-bond donors (Lipinski definition) is 1. The average Bonchev–Trinajstić information content (AvgIpc) is 2.28. The second-order valence-corrected chi connectivity index (χ2v) is 6.59. The van der Waals surface area contributed by atoms with Gasteiger partial charge in [0.2, 0.25) is 0 Å². The molecule has 100 valence electrons. The topological polar surface area (TPSA) is 26.0 Å². The third kappa shape index (κ3) is 3.04. The summed E-state index contributed by atoms with van der Waals surface area (Å²) in [6, 6.07) is 3.64. The van der Waals surface area contributed by atoms with E-state index >= 15 is 0 Å². The third-order valence-corrected chi connectivity index (χ3v) is 5.24. The molecule has 2 N–H and O–H groups in total. The van der Waals surface area contributed by atoms with Crippen LogP contribution in [-0.4, -0.2) is 11.3 Å². The van der Waals surface area contributed by atoms with Crippen LogP contribution in [-0.2, 0) is 0 Å². The van der Waals surface area contributed by atoms with Crippen molar-refractivity contribution in [3.05, 3.63) is 29.8 Å². The zero-order chi connectivity index (χ0) is 13.3. The Kier molecular flexibility index (Phi) is 4.28. The standard InChI is InChI=1S/C14H19F2NS/c1-8-5-9(2)14(12(17)6-8)18-13-7-10(15)3-4-11(13)16/h3-4,7-9,12,14H,5-6,17H2,1-2H3. The van der Waals surface area contributed by atoms with Gasteiger partial charge in [-0.25, -0.2) is 8.78 Å². The van der Waals surface area contributed by atoms with Gasteiger partial charge in [0.1, 0.15) is 11.6 Å². The maximum atomic E-state index is 13.6. The van der Waals surface area contributed by atoms with Gasteiger partial charge >= 0.3 is 0 Å². The van der Waals surface area contributed by atoms with Crippen molar-refractivity contribution in [3.8, 4) is 0 Å². The Morgan fingerprint density at radius 1 is 1.22 bits per heavy atom. The predicted octanol–water partition coefficient (Wildman–Crippen LogP) is 3.82. The quantitative estimate of drug-likeness (QED) is 0.885. The Balaban J connectivity index is 2.15. The van der Waals surface area contributed by atoms with Gasteiger partial charge in [-0.1, -0.05) is 13.8 Å². The second kappa shape index (κ2) is 5.57. The highest BCUT2D eigenvalue weighted by Gasteiger charge is 2.32. The highest BCUT2D eigenvalue weighted by molar-refractivity contribution is 8.00. The highest BCUT2D eigenvalue weighted by atomic mass is 32.2. The van der Waals surface area contributed by atoms with Gasteiger partial charge in [-0.3, -0.25) is 0 Å². The monoisotopic (exact) mass is 271 g/mol. The van der Waals surface area contributed by atoms with Crippen molar-refractivity contribution in [3.63, 3.8) is 0 Å². The van der Waals surface area contributed by atoms with E-state index < -0.39 is 5.82 Å². The molecule has 0 saturated heterocycles. The van der Waals surface area contributed by atoms with E-state index in [2.05, 4.69) is 13.8 Å². The minimum absolute atomic E-state index is 0.0522. The van der Waals surface area contributed by atoms with E-state index in [-0.39, 0.29) is 17.1 Å². The fourth-order valence-corrected chi connectivity index (χ4v) is 4.09. The predicted molar refractivity (Wildman–Crippen MR) is 71.5 cm³/mol. The molecule has 1 aromatic carbocycles. The van der Waals surface area contributed by atoms with Crippen molar-refractivity contribution < 1.29 is 8.78 Å². The van der Waals surface area contributed by atoms with Crippen LogP contribution in [0.1, 0.15) is 26.7 Å². The second-order valence-electron chi connectivity index (χ2n) is 5.37. The summed E-state index contributed by atoms with van der Waals surface area (Å²) in [5.41, 5.74) is 6.16. The number of thioether (sulfide) groups is 1. The maximum Gasteiger partial charge on any atom is 0.136 e. The van der Waals surface area contributed by atoms with Gasteiger partial charge in [-0.15, -0.1) is 11.8 Å². The number of nitrogens with two attached hydrogens (primary N) is 1. The van der Waals surface area contributed by atoms with E-state index in [9.17, 15) is 8.78 Å². The fourth-order valence-electron chi connectivity index (χ4n) is 2.80. The number of rotatable bonds is 2. The van der Waals surface area contributed by atoms with Gasteiger partial charge < -0.3 is 5.73 Å². The lowest BCUT2D eigenvalue weighted by Crippen LogP contribution is -2.42. The summed E-state index contributed by atoms with van der Waals surface area (Å²) in [7, 11) is 0. The van der Waals surface area contributed by atoms with Crippen molar-refractivity contribution in [2.24, 2.45) is 17.6 Å². The summed E-state index contributed by atoms with van der Waals surface area (Å²) < 4.78 is 26.8. The van der Waals surface area contributed by atoms with Crippen LogP contribution in [0.3, 0.4) is 0 Å². The van der Waals surface area contributed by atoms with Crippen LogP contribution in [0.5, 0.6) is 0 Å². The average molecular weight is 271 g/mol. The molecule has 4 unspecified atom stereocenters. The van der Waals surface area contributed by atoms with Gasteiger partial charge in [0.15, 0.2) is 0 Å². The molecule has 1 nitrogen and oxygen atoms in total. The van der Waals surface area contributed by atoms with E-state index in [4.69, 9.17) is 5.73 Å². The largest absolute Gasteiger partial charge is 0.327 e. The lowest BCUT2D eigenvalue weighted by atomic mass is 9.80. The number of benzene rings is 1. The van der Waals surface area contributed by atoms with Gasteiger partial charge in [-0.2, -0.15) is 0 Å². The molecule has 1 aliphatic carbocycles. The SMILES string of the molecule is CC1CC(C)C(Sc2cc(F)ccc2F)C(N)C1. The minimum Gasteiger partial charge on any atom is -0.327 e. The normalized spacial score (nSPS) is 32.5.